The van der Waals surface area contributed by atoms with Crippen LogP contribution in [0.25, 0.3) is 0 Å². The summed E-state index contributed by atoms with van der Waals surface area (Å²) in [7, 11) is 0. The predicted molar refractivity (Wildman–Crippen MR) is 89.9 cm³/mol. The number of nitrogens with one attached hydrogen (secondary N) is 1. The quantitative estimate of drug-likeness (QED) is 0.778. The fourth-order valence-corrected chi connectivity index (χ4v) is 3.23. The third-order valence-electron chi connectivity index (χ3n) is 4.87. The molecule has 116 valence electrons. The van der Waals surface area contributed by atoms with Crippen LogP contribution in [-0.2, 0) is 0 Å². The Morgan fingerprint density at radius 2 is 1.81 bits per heavy atom. The van der Waals surface area contributed by atoms with Gasteiger partial charge in [0.1, 0.15) is 0 Å². The SMILES string of the molecule is CC(CCCNC1CC1)N1CCN(c2ccccc2)CC1. The van der Waals surface area contributed by atoms with E-state index in [4.69, 9.17) is 0 Å². The van der Waals surface area contributed by atoms with Crippen LogP contribution in [0.2, 0.25) is 0 Å². The minimum absolute atomic E-state index is 0.726. The van der Waals surface area contributed by atoms with E-state index in [0.717, 1.165) is 25.2 Å². The van der Waals surface area contributed by atoms with Gasteiger partial charge in [-0.1, -0.05) is 18.2 Å². The van der Waals surface area contributed by atoms with Crippen molar-refractivity contribution in [1.29, 1.82) is 0 Å². The summed E-state index contributed by atoms with van der Waals surface area (Å²) < 4.78 is 0. The van der Waals surface area contributed by atoms with Crippen LogP contribution >= 0.6 is 0 Å². The Kier molecular flexibility index (Phi) is 5.15. The van der Waals surface area contributed by atoms with Gasteiger partial charge >= 0.3 is 0 Å². The zero-order valence-corrected chi connectivity index (χ0v) is 13.3. The lowest BCUT2D eigenvalue weighted by atomic mass is 10.1. The van der Waals surface area contributed by atoms with Gasteiger partial charge in [-0.15, -0.1) is 0 Å². The largest absolute Gasteiger partial charge is 0.369 e. The van der Waals surface area contributed by atoms with Crippen molar-refractivity contribution < 1.29 is 0 Å². The highest BCUT2D eigenvalue weighted by atomic mass is 15.3. The zero-order valence-electron chi connectivity index (χ0n) is 13.3. The highest BCUT2D eigenvalue weighted by Gasteiger charge is 2.22. The maximum absolute atomic E-state index is 3.62. The fourth-order valence-electron chi connectivity index (χ4n) is 3.23. The number of nitrogens with zero attached hydrogens (tertiary/aromatic N) is 2. The van der Waals surface area contributed by atoms with Crippen LogP contribution in [0.15, 0.2) is 30.3 Å². The van der Waals surface area contributed by atoms with Crippen molar-refractivity contribution in [2.24, 2.45) is 0 Å². The molecule has 1 unspecified atom stereocenters. The molecule has 1 aromatic carbocycles. The van der Waals surface area contributed by atoms with Crippen molar-refractivity contribution >= 4 is 5.69 Å². The molecule has 1 atom stereocenters. The number of benzene rings is 1. The second kappa shape index (κ2) is 7.28. The molecule has 0 amide bonds. The molecule has 1 saturated carbocycles. The number of hydrogen-bond acceptors (Lipinski definition) is 3. The first-order valence-electron chi connectivity index (χ1n) is 8.60. The zero-order chi connectivity index (χ0) is 14.5. The van der Waals surface area contributed by atoms with Gasteiger partial charge in [-0.3, -0.25) is 4.90 Å². The summed E-state index contributed by atoms with van der Waals surface area (Å²) in [6.07, 6.45) is 5.44. The van der Waals surface area contributed by atoms with Gasteiger partial charge in [-0.25, -0.2) is 0 Å². The van der Waals surface area contributed by atoms with Crippen LogP contribution < -0.4 is 10.2 Å². The molecule has 3 rings (SSSR count). The summed E-state index contributed by atoms with van der Waals surface area (Å²) in [5.41, 5.74) is 1.37. The molecule has 2 aliphatic rings. The molecule has 1 aliphatic heterocycles. The molecule has 1 aromatic rings. The highest BCUT2D eigenvalue weighted by Crippen LogP contribution is 2.19. The molecule has 0 radical (unpaired) electrons. The summed E-state index contributed by atoms with van der Waals surface area (Å²) >= 11 is 0. The number of piperazine rings is 1. The lowest BCUT2D eigenvalue weighted by Gasteiger charge is -2.39. The van der Waals surface area contributed by atoms with Crippen molar-refractivity contribution in [2.45, 2.75) is 44.7 Å². The predicted octanol–water partition coefficient (Wildman–Crippen LogP) is 2.73. The summed E-state index contributed by atoms with van der Waals surface area (Å²) in [5.74, 6) is 0. The number of para-hydroxylation sites is 1. The van der Waals surface area contributed by atoms with Crippen LogP contribution in [0.4, 0.5) is 5.69 Å². The Morgan fingerprint density at radius 3 is 2.48 bits per heavy atom. The van der Waals surface area contributed by atoms with Crippen LogP contribution in [0.1, 0.15) is 32.6 Å². The van der Waals surface area contributed by atoms with Gasteiger partial charge in [-0.05, 0) is 51.3 Å². The standard InChI is InChI=1S/C18H29N3/c1-16(6-5-11-19-17-9-10-17)20-12-14-21(15-13-20)18-7-3-2-4-8-18/h2-4,7-8,16-17,19H,5-6,9-15H2,1H3. The van der Waals surface area contributed by atoms with E-state index in [0.29, 0.717) is 0 Å². The van der Waals surface area contributed by atoms with Crippen molar-refractivity contribution in [3.8, 4) is 0 Å². The smallest absolute Gasteiger partial charge is 0.0367 e. The average Bonchev–Trinajstić information content (AvgIpc) is 3.37. The van der Waals surface area contributed by atoms with Gasteiger partial charge in [0.15, 0.2) is 0 Å². The Bertz CT molecular complexity index is 408. The van der Waals surface area contributed by atoms with E-state index in [1.54, 1.807) is 0 Å². The van der Waals surface area contributed by atoms with Crippen LogP contribution in [0, 0.1) is 0 Å². The van der Waals surface area contributed by atoms with Gasteiger partial charge in [0.25, 0.3) is 0 Å². The molecule has 3 nitrogen and oxygen atoms in total. The van der Waals surface area contributed by atoms with Gasteiger partial charge in [-0.2, -0.15) is 0 Å². The van der Waals surface area contributed by atoms with E-state index in [1.807, 2.05) is 0 Å². The first-order chi connectivity index (χ1) is 10.3. The van der Waals surface area contributed by atoms with Crippen molar-refractivity contribution in [2.75, 3.05) is 37.6 Å². The van der Waals surface area contributed by atoms with E-state index in [-0.39, 0.29) is 0 Å². The van der Waals surface area contributed by atoms with E-state index in [2.05, 4.69) is 52.4 Å². The van der Waals surface area contributed by atoms with Gasteiger partial charge < -0.3 is 10.2 Å². The molecular formula is C18H29N3. The van der Waals surface area contributed by atoms with Crippen LogP contribution in [-0.4, -0.2) is 49.7 Å². The first kappa shape index (κ1) is 14.9. The van der Waals surface area contributed by atoms with Crippen LogP contribution in [0.3, 0.4) is 0 Å². The average molecular weight is 287 g/mol. The summed E-state index contributed by atoms with van der Waals surface area (Å²) in [6, 6.07) is 12.4. The number of anilines is 1. The van der Waals surface area contributed by atoms with Crippen LogP contribution in [0.5, 0.6) is 0 Å². The monoisotopic (exact) mass is 287 g/mol. The summed E-state index contributed by atoms with van der Waals surface area (Å²) in [5, 5.41) is 3.62. The first-order valence-corrected chi connectivity index (χ1v) is 8.60. The molecular weight excluding hydrogens is 258 g/mol. The van der Waals surface area contributed by atoms with E-state index >= 15 is 0 Å². The molecule has 1 heterocycles. The second-order valence-corrected chi connectivity index (χ2v) is 6.58. The van der Waals surface area contributed by atoms with E-state index in [9.17, 15) is 0 Å². The summed E-state index contributed by atoms with van der Waals surface area (Å²) in [4.78, 5) is 5.18. The molecule has 21 heavy (non-hydrogen) atoms. The number of hydrogen-bond donors (Lipinski definition) is 1. The topological polar surface area (TPSA) is 18.5 Å². The van der Waals surface area contributed by atoms with E-state index in [1.165, 1.54) is 51.0 Å². The Balaban J connectivity index is 1.36. The van der Waals surface area contributed by atoms with Gasteiger partial charge in [0, 0.05) is 44.0 Å². The minimum atomic E-state index is 0.726. The van der Waals surface area contributed by atoms with Crippen molar-refractivity contribution in [1.82, 2.24) is 10.2 Å². The number of rotatable bonds is 7. The lowest BCUT2D eigenvalue weighted by molar-refractivity contribution is 0.186. The molecule has 2 fully saturated rings. The molecule has 0 spiro atoms. The molecule has 3 heteroatoms. The molecule has 0 aromatic heterocycles. The Hall–Kier alpha value is -1.06. The fraction of sp³-hybridized carbons (Fsp3) is 0.667. The third-order valence-corrected chi connectivity index (χ3v) is 4.87. The third kappa shape index (κ3) is 4.45. The minimum Gasteiger partial charge on any atom is -0.369 e. The molecule has 1 N–H and O–H groups in total. The second-order valence-electron chi connectivity index (χ2n) is 6.58. The maximum Gasteiger partial charge on any atom is 0.0367 e. The molecule has 0 bridgehead atoms. The van der Waals surface area contributed by atoms with Gasteiger partial charge in [0.05, 0.1) is 0 Å². The highest BCUT2D eigenvalue weighted by molar-refractivity contribution is 5.46. The Labute approximate surface area is 129 Å². The molecule has 1 aliphatic carbocycles. The Morgan fingerprint density at radius 1 is 1.10 bits per heavy atom. The van der Waals surface area contributed by atoms with E-state index < -0.39 is 0 Å². The maximum atomic E-state index is 3.62. The molecule has 1 saturated heterocycles. The van der Waals surface area contributed by atoms with Crippen molar-refractivity contribution in [3.05, 3.63) is 30.3 Å². The normalized spacial score (nSPS) is 21.5. The van der Waals surface area contributed by atoms with Crippen molar-refractivity contribution in [3.63, 3.8) is 0 Å². The summed E-state index contributed by atoms with van der Waals surface area (Å²) in [6.45, 7) is 8.33. The lowest BCUT2D eigenvalue weighted by Crippen LogP contribution is -2.49. The van der Waals surface area contributed by atoms with Gasteiger partial charge in [0.2, 0.25) is 0 Å².